The van der Waals surface area contributed by atoms with Crippen molar-refractivity contribution < 1.29 is 9.18 Å². The maximum Gasteiger partial charge on any atom is 0.257 e. The third kappa shape index (κ3) is 4.09. The summed E-state index contributed by atoms with van der Waals surface area (Å²) in [5.74, 6) is 0.541. The van der Waals surface area contributed by atoms with Crippen LogP contribution in [0.4, 0.5) is 10.2 Å². The lowest BCUT2D eigenvalue weighted by Crippen LogP contribution is -2.37. The van der Waals surface area contributed by atoms with Gasteiger partial charge in [0.2, 0.25) is 0 Å². The molecule has 0 aliphatic heterocycles. The van der Waals surface area contributed by atoms with Crippen molar-refractivity contribution in [1.29, 1.82) is 0 Å². The number of thioether (sulfide) groups is 1. The molecule has 1 N–H and O–H groups in total. The van der Waals surface area contributed by atoms with Crippen molar-refractivity contribution in [3.8, 4) is 0 Å². The van der Waals surface area contributed by atoms with E-state index in [1.807, 2.05) is 20.1 Å². The van der Waals surface area contributed by atoms with Crippen molar-refractivity contribution in [2.75, 3.05) is 30.9 Å². The van der Waals surface area contributed by atoms with Crippen LogP contribution in [0.5, 0.6) is 0 Å². The summed E-state index contributed by atoms with van der Waals surface area (Å²) in [4.78, 5) is 17.9. The summed E-state index contributed by atoms with van der Waals surface area (Å²) in [6, 6.07) is 1.32. The summed E-state index contributed by atoms with van der Waals surface area (Å²) in [6.45, 7) is 4.50. The number of pyridine rings is 1. The fraction of sp³-hybridized carbons (Fsp3) is 0.538. The second kappa shape index (κ2) is 7.33. The number of hydrogen-bond donors (Lipinski definition) is 1. The fourth-order valence-electron chi connectivity index (χ4n) is 1.65. The maximum absolute atomic E-state index is 13.3. The maximum atomic E-state index is 13.3. The molecule has 0 aromatic carbocycles. The molecule has 19 heavy (non-hydrogen) atoms. The van der Waals surface area contributed by atoms with Gasteiger partial charge >= 0.3 is 0 Å². The van der Waals surface area contributed by atoms with Crippen LogP contribution >= 0.6 is 11.8 Å². The monoisotopic (exact) mass is 285 g/mol. The summed E-state index contributed by atoms with van der Waals surface area (Å²) >= 11 is 1.67. The molecule has 0 bridgehead atoms. The van der Waals surface area contributed by atoms with Crippen molar-refractivity contribution in [3.63, 3.8) is 0 Å². The van der Waals surface area contributed by atoms with Crippen molar-refractivity contribution in [2.24, 2.45) is 0 Å². The molecule has 0 aliphatic carbocycles. The van der Waals surface area contributed by atoms with E-state index >= 15 is 0 Å². The van der Waals surface area contributed by atoms with E-state index in [9.17, 15) is 9.18 Å². The zero-order valence-corrected chi connectivity index (χ0v) is 12.6. The normalized spacial score (nSPS) is 12.1. The minimum Gasteiger partial charge on any atom is -0.370 e. The molecule has 0 radical (unpaired) electrons. The Bertz CT molecular complexity index is 442. The molecule has 1 atom stereocenters. The van der Waals surface area contributed by atoms with Gasteiger partial charge < -0.3 is 10.2 Å². The van der Waals surface area contributed by atoms with E-state index in [1.165, 1.54) is 6.07 Å². The van der Waals surface area contributed by atoms with Gasteiger partial charge in [-0.05, 0) is 26.2 Å². The van der Waals surface area contributed by atoms with Crippen LogP contribution in [0.3, 0.4) is 0 Å². The van der Waals surface area contributed by atoms with Gasteiger partial charge in [-0.3, -0.25) is 4.79 Å². The SMILES string of the molecule is CCNc1ncc(F)cc1C(=O)N(C)C(C)CSC. The van der Waals surface area contributed by atoms with Gasteiger partial charge in [-0.15, -0.1) is 0 Å². The van der Waals surface area contributed by atoms with Crippen molar-refractivity contribution in [1.82, 2.24) is 9.88 Å². The molecule has 1 aromatic rings. The van der Waals surface area contributed by atoms with E-state index in [1.54, 1.807) is 23.7 Å². The zero-order chi connectivity index (χ0) is 14.4. The first-order valence-electron chi connectivity index (χ1n) is 6.16. The van der Waals surface area contributed by atoms with Crippen LogP contribution in [-0.2, 0) is 0 Å². The molecule has 0 saturated carbocycles. The van der Waals surface area contributed by atoms with Crippen molar-refractivity contribution in [3.05, 3.63) is 23.6 Å². The van der Waals surface area contributed by atoms with Crippen LogP contribution in [0.15, 0.2) is 12.3 Å². The second-order valence-corrected chi connectivity index (χ2v) is 5.21. The van der Waals surface area contributed by atoms with E-state index in [0.29, 0.717) is 12.4 Å². The molecule has 6 heteroatoms. The van der Waals surface area contributed by atoms with Gasteiger partial charge in [-0.2, -0.15) is 11.8 Å². The lowest BCUT2D eigenvalue weighted by Gasteiger charge is -2.25. The Morgan fingerprint density at radius 1 is 1.63 bits per heavy atom. The van der Waals surface area contributed by atoms with Crippen LogP contribution in [0.2, 0.25) is 0 Å². The standard InChI is InChI=1S/C13H20FN3OS/c1-5-15-12-11(6-10(14)7-16-12)13(18)17(3)9(2)8-19-4/h6-7,9H,5,8H2,1-4H3,(H,15,16). The number of carbonyl (C=O) groups excluding carboxylic acids is 1. The number of nitrogens with one attached hydrogen (secondary N) is 1. The first-order valence-corrected chi connectivity index (χ1v) is 7.56. The molecule has 0 aliphatic rings. The smallest absolute Gasteiger partial charge is 0.257 e. The fourth-order valence-corrected chi connectivity index (χ4v) is 2.36. The Kier molecular flexibility index (Phi) is 6.08. The highest BCUT2D eigenvalue weighted by atomic mass is 32.2. The van der Waals surface area contributed by atoms with Gasteiger partial charge in [0.1, 0.15) is 11.6 Å². The molecule has 1 heterocycles. The summed E-state index contributed by atoms with van der Waals surface area (Å²) in [6.07, 6.45) is 3.10. The highest BCUT2D eigenvalue weighted by molar-refractivity contribution is 7.98. The number of amides is 1. The molecular weight excluding hydrogens is 265 g/mol. The van der Waals surface area contributed by atoms with Gasteiger partial charge in [0.25, 0.3) is 5.91 Å². The molecule has 106 valence electrons. The highest BCUT2D eigenvalue weighted by Gasteiger charge is 2.21. The predicted molar refractivity (Wildman–Crippen MR) is 78.3 cm³/mol. The average Bonchev–Trinajstić information content (AvgIpc) is 2.39. The molecule has 1 amide bonds. The number of nitrogens with zero attached hydrogens (tertiary/aromatic N) is 2. The van der Waals surface area contributed by atoms with Crippen molar-refractivity contribution in [2.45, 2.75) is 19.9 Å². The molecule has 0 spiro atoms. The third-order valence-electron chi connectivity index (χ3n) is 2.82. The van der Waals surface area contributed by atoms with E-state index < -0.39 is 5.82 Å². The molecule has 1 rings (SSSR count). The Balaban J connectivity index is 3.00. The van der Waals surface area contributed by atoms with Gasteiger partial charge in [0.15, 0.2) is 0 Å². The average molecular weight is 285 g/mol. The molecule has 0 fully saturated rings. The Labute approximate surface area is 117 Å². The number of rotatable bonds is 6. The van der Waals surface area contributed by atoms with Crippen LogP contribution in [0.25, 0.3) is 0 Å². The van der Waals surface area contributed by atoms with E-state index in [4.69, 9.17) is 0 Å². The summed E-state index contributed by atoms with van der Waals surface area (Å²) in [7, 11) is 1.73. The molecule has 0 saturated heterocycles. The summed E-state index contributed by atoms with van der Waals surface area (Å²) in [5, 5.41) is 2.98. The van der Waals surface area contributed by atoms with Crippen LogP contribution in [0, 0.1) is 5.82 Å². The highest BCUT2D eigenvalue weighted by Crippen LogP contribution is 2.17. The molecule has 4 nitrogen and oxygen atoms in total. The molecule has 1 aromatic heterocycles. The topological polar surface area (TPSA) is 45.2 Å². The van der Waals surface area contributed by atoms with E-state index in [0.717, 1.165) is 11.9 Å². The first-order chi connectivity index (χ1) is 9.01. The second-order valence-electron chi connectivity index (χ2n) is 4.30. The first kappa shape index (κ1) is 15.8. The number of carbonyl (C=O) groups is 1. The number of aromatic nitrogens is 1. The number of hydrogen-bond acceptors (Lipinski definition) is 4. The Morgan fingerprint density at radius 3 is 2.89 bits per heavy atom. The van der Waals surface area contributed by atoms with Gasteiger partial charge in [-0.25, -0.2) is 9.37 Å². The van der Waals surface area contributed by atoms with Gasteiger partial charge in [0.05, 0.1) is 11.8 Å². The summed E-state index contributed by atoms with van der Waals surface area (Å²) in [5.41, 5.74) is 0.275. The zero-order valence-electron chi connectivity index (χ0n) is 11.7. The van der Waals surface area contributed by atoms with Gasteiger partial charge in [-0.1, -0.05) is 0 Å². The minimum absolute atomic E-state index is 0.0836. The van der Waals surface area contributed by atoms with E-state index in [2.05, 4.69) is 10.3 Å². The number of halogens is 1. The lowest BCUT2D eigenvalue weighted by atomic mass is 10.2. The number of anilines is 1. The van der Waals surface area contributed by atoms with Crippen LogP contribution in [0.1, 0.15) is 24.2 Å². The molecule has 1 unspecified atom stereocenters. The summed E-state index contributed by atoms with van der Waals surface area (Å²) < 4.78 is 13.3. The largest absolute Gasteiger partial charge is 0.370 e. The quantitative estimate of drug-likeness (QED) is 0.872. The Morgan fingerprint density at radius 2 is 2.32 bits per heavy atom. The van der Waals surface area contributed by atoms with Gasteiger partial charge in [0, 0.05) is 25.4 Å². The molecular formula is C13H20FN3OS. The Hall–Kier alpha value is -1.30. The minimum atomic E-state index is -0.504. The lowest BCUT2D eigenvalue weighted by molar-refractivity contribution is 0.0757. The third-order valence-corrected chi connectivity index (χ3v) is 3.63. The predicted octanol–water partition coefficient (Wildman–Crippen LogP) is 2.48. The van der Waals surface area contributed by atoms with Crippen LogP contribution < -0.4 is 5.32 Å². The van der Waals surface area contributed by atoms with E-state index in [-0.39, 0.29) is 17.5 Å². The van der Waals surface area contributed by atoms with Crippen molar-refractivity contribution >= 4 is 23.5 Å². The van der Waals surface area contributed by atoms with Crippen LogP contribution in [-0.4, -0.2) is 47.4 Å².